The molecule has 3 rings (SSSR count). The third-order valence-electron chi connectivity index (χ3n) is 3.40. The van der Waals surface area contributed by atoms with Gasteiger partial charge in [0.25, 0.3) is 5.56 Å². The van der Waals surface area contributed by atoms with Gasteiger partial charge in [-0.15, -0.1) is 0 Å². The second kappa shape index (κ2) is 4.78. The number of thiocarbonyl (C=S) groups is 1. The number of rotatable bonds is 2. The Labute approximate surface area is 125 Å². The number of aryl methyl sites for hydroxylation is 1. The van der Waals surface area contributed by atoms with Crippen molar-refractivity contribution < 1.29 is 0 Å². The fourth-order valence-electron chi connectivity index (χ4n) is 2.38. The molecule has 0 saturated heterocycles. The Morgan fingerprint density at radius 2 is 2.24 bits per heavy atom. The quantitative estimate of drug-likeness (QED) is 0.540. The average Bonchev–Trinajstić information content (AvgIpc) is 2.47. The summed E-state index contributed by atoms with van der Waals surface area (Å²) in [6.07, 6.45) is 1.66. The average molecular weight is 299 g/mol. The van der Waals surface area contributed by atoms with Gasteiger partial charge in [0, 0.05) is 12.7 Å². The van der Waals surface area contributed by atoms with Gasteiger partial charge in [0.2, 0.25) is 0 Å². The summed E-state index contributed by atoms with van der Waals surface area (Å²) < 4.78 is 3.10. The lowest BCUT2D eigenvalue weighted by Crippen LogP contribution is -2.31. The van der Waals surface area contributed by atoms with Gasteiger partial charge < -0.3 is 10.3 Å². The molecular weight excluding hydrogens is 286 g/mol. The predicted molar refractivity (Wildman–Crippen MR) is 84.4 cm³/mol. The second-order valence-corrected chi connectivity index (χ2v) is 5.04. The molecule has 0 atom stereocenters. The molecule has 7 heteroatoms. The zero-order valence-electron chi connectivity index (χ0n) is 11.3. The van der Waals surface area contributed by atoms with Crippen LogP contribution in [-0.2, 0) is 6.54 Å². The first kappa shape index (κ1) is 13.4. The van der Waals surface area contributed by atoms with E-state index in [1.165, 1.54) is 4.40 Å². The lowest BCUT2D eigenvalue weighted by molar-refractivity contribution is 0.721. The van der Waals surface area contributed by atoms with E-state index in [0.29, 0.717) is 28.8 Å². The van der Waals surface area contributed by atoms with Crippen LogP contribution in [0.15, 0.2) is 35.3 Å². The molecule has 0 aliphatic rings. The fraction of sp³-hybridized carbons (Fsp3) is 0.143. The second-order valence-electron chi connectivity index (χ2n) is 4.60. The van der Waals surface area contributed by atoms with Crippen LogP contribution in [0.25, 0.3) is 16.7 Å². The standard InChI is InChI=1S/C14H13N5OS/c1-2-18-11(15)8(12(16)21)7-9-13(18)17-10-5-3-4-6-19(10)14(9)20/h3-7,15H,2H2,1H3,(H2,16,21). The maximum Gasteiger partial charge on any atom is 0.267 e. The number of fused-ring (bicyclic) bond motifs is 2. The first-order valence-electron chi connectivity index (χ1n) is 6.44. The van der Waals surface area contributed by atoms with Crippen LogP contribution in [0.1, 0.15) is 12.5 Å². The van der Waals surface area contributed by atoms with Crippen LogP contribution in [0.5, 0.6) is 0 Å². The van der Waals surface area contributed by atoms with Gasteiger partial charge in [0.15, 0.2) is 0 Å². The molecule has 3 aromatic rings. The summed E-state index contributed by atoms with van der Waals surface area (Å²) in [5, 5.41) is 8.59. The maximum absolute atomic E-state index is 12.6. The molecule has 3 heterocycles. The predicted octanol–water partition coefficient (Wildman–Crippen LogP) is 0.783. The zero-order chi connectivity index (χ0) is 15.1. The minimum atomic E-state index is -0.199. The molecular formula is C14H13N5OS. The molecule has 0 unspecified atom stereocenters. The molecule has 106 valence electrons. The van der Waals surface area contributed by atoms with Gasteiger partial charge in [-0.05, 0) is 25.1 Å². The molecule has 3 N–H and O–H groups in total. The minimum absolute atomic E-state index is 0.0988. The van der Waals surface area contributed by atoms with E-state index in [1.54, 1.807) is 29.0 Å². The van der Waals surface area contributed by atoms with Crippen molar-refractivity contribution in [3.63, 3.8) is 0 Å². The van der Waals surface area contributed by atoms with Crippen molar-refractivity contribution in [3.8, 4) is 0 Å². The third-order valence-corrected chi connectivity index (χ3v) is 3.62. The molecule has 0 aromatic carbocycles. The van der Waals surface area contributed by atoms with Crippen LogP contribution in [0.3, 0.4) is 0 Å². The third kappa shape index (κ3) is 1.93. The van der Waals surface area contributed by atoms with Crippen molar-refractivity contribution in [2.45, 2.75) is 13.5 Å². The van der Waals surface area contributed by atoms with Crippen LogP contribution in [0, 0.1) is 5.41 Å². The highest BCUT2D eigenvalue weighted by atomic mass is 32.1. The first-order chi connectivity index (χ1) is 10.0. The number of nitrogens with zero attached hydrogens (tertiary/aromatic N) is 3. The van der Waals surface area contributed by atoms with Gasteiger partial charge in [-0.3, -0.25) is 14.6 Å². The number of nitrogens with one attached hydrogen (secondary N) is 1. The SMILES string of the molecule is CCn1c(=N)c(C(N)=S)cc2c(=O)n3ccccc3nc21. The van der Waals surface area contributed by atoms with Crippen LogP contribution in [-0.4, -0.2) is 18.9 Å². The number of aromatic nitrogens is 3. The number of hydrogen-bond donors (Lipinski definition) is 2. The van der Waals surface area contributed by atoms with Gasteiger partial charge in [0.05, 0.1) is 10.9 Å². The van der Waals surface area contributed by atoms with Crippen molar-refractivity contribution in [1.29, 1.82) is 5.41 Å². The molecule has 0 aliphatic heterocycles. The minimum Gasteiger partial charge on any atom is -0.389 e. The highest BCUT2D eigenvalue weighted by Gasteiger charge is 2.13. The Bertz CT molecular complexity index is 1000. The number of hydrogen-bond acceptors (Lipinski definition) is 4. The number of pyridine rings is 2. The van der Waals surface area contributed by atoms with E-state index in [4.69, 9.17) is 23.4 Å². The lowest BCUT2D eigenvalue weighted by Gasteiger charge is -2.12. The van der Waals surface area contributed by atoms with Crippen molar-refractivity contribution in [2.24, 2.45) is 5.73 Å². The molecule has 0 saturated carbocycles. The topological polar surface area (TPSA) is 89.2 Å². The molecule has 0 fully saturated rings. The van der Waals surface area contributed by atoms with Gasteiger partial charge >= 0.3 is 0 Å². The van der Waals surface area contributed by atoms with E-state index >= 15 is 0 Å². The summed E-state index contributed by atoms with van der Waals surface area (Å²) >= 11 is 4.97. The largest absolute Gasteiger partial charge is 0.389 e. The van der Waals surface area contributed by atoms with Crippen molar-refractivity contribution >= 4 is 33.9 Å². The smallest absolute Gasteiger partial charge is 0.267 e. The summed E-state index contributed by atoms with van der Waals surface area (Å²) in [4.78, 5) is 17.2. The van der Waals surface area contributed by atoms with Gasteiger partial charge in [0.1, 0.15) is 21.8 Å². The Balaban J connectivity index is 2.63. The Morgan fingerprint density at radius 1 is 1.48 bits per heavy atom. The van der Waals surface area contributed by atoms with Crippen LogP contribution >= 0.6 is 12.2 Å². The molecule has 0 amide bonds. The summed E-state index contributed by atoms with van der Waals surface area (Å²) in [7, 11) is 0. The van der Waals surface area contributed by atoms with E-state index in [2.05, 4.69) is 4.98 Å². The number of nitrogens with two attached hydrogens (primary N) is 1. The molecule has 6 nitrogen and oxygen atoms in total. The van der Waals surface area contributed by atoms with Gasteiger partial charge in [-0.1, -0.05) is 18.3 Å². The summed E-state index contributed by atoms with van der Waals surface area (Å²) in [5.41, 5.74) is 7.03. The van der Waals surface area contributed by atoms with Crippen LogP contribution in [0.4, 0.5) is 0 Å². The van der Waals surface area contributed by atoms with Gasteiger partial charge in [-0.25, -0.2) is 4.98 Å². The van der Waals surface area contributed by atoms with E-state index in [-0.39, 0.29) is 16.0 Å². The molecule has 0 aliphatic carbocycles. The van der Waals surface area contributed by atoms with E-state index in [0.717, 1.165) is 0 Å². The van der Waals surface area contributed by atoms with Crippen molar-refractivity contribution in [3.05, 3.63) is 51.9 Å². The van der Waals surface area contributed by atoms with Crippen LogP contribution < -0.4 is 16.8 Å². The molecule has 0 radical (unpaired) electrons. The molecule has 0 bridgehead atoms. The highest BCUT2D eigenvalue weighted by Crippen LogP contribution is 2.09. The van der Waals surface area contributed by atoms with E-state index < -0.39 is 0 Å². The molecule has 3 aromatic heterocycles. The normalized spacial score (nSPS) is 11.1. The Hall–Kier alpha value is -2.54. The van der Waals surface area contributed by atoms with E-state index in [1.807, 2.05) is 13.0 Å². The monoisotopic (exact) mass is 299 g/mol. The summed E-state index contributed by atoms with van der Waals surface area (Å²) in [6, 6.07) is 6.89. The first-order valence-corrected chi connectivity index (χ1v) is 6.84. The van der Waals surface area contributed by atoms with Gasteiger partial charge in [-0.2, -0.15) is 0 Å². The van der Waals surface area contributed by atoms with Crippen LogP contribution in [0.2, 0.25) is 0 Å². The molecule has 21 heavy (non-hydrogen) atoms. The van der Waals surface area contributed by atoms with Crippen molar-refractivity contribution in [1.82, 2.24) is 14.0 Å². The Kier molecular flexibility index (Phi) is 3.06. The van der Waals surface area contributed by atoms with Crippen molar-refractivity contribution in [2.75, 3.05) is 0 Å². The maximum atomic E-state index is 12.6. The summed E-state index contributed by atoms with van der Waals surface area (Å²) in [5.74, 6) is 0. The molecule has 0 spiro atoms. The highest BCUT2D eigenvalue weighted by molar-refractivity contribution is 7.80. The fourth-order valence-corrected chi connectivity index (χ4v) is 2.54. The van der Waals surface area contributed by atoms with E-state index in [9.17, 15) is 4.79 Å². The Morgan fingerprint density at radius 3 is 2.90 bits per heavy atom. The summed E-state index contributed by atoms with van der Waals surface area (Å²) in [6.45, 7) is 2.39. The zero-order valence-corrected chi connectivity index (χ0v) is 12.1. The lowest BCUT2D eigenvalue weighted by atomic mass is 10.2.